The summed E-state index contributed by atoms with van der Waals surface area (Å²) < 4.78 is 5.43. The molecule has 2 aliphatic heterocycles. The van der Waals surface area contributed by atoms with Crippen molar-refractivity contribution in [2.24, 2.45) is 0 Å². The van der Waals surface area contributed by atoms with E-state index in [1.807, 2.05) is 44.2 Å². The number of benzene rings is 2. The number of carbonyl (C=O) groups excluding carboxylic acids is 2. The summed E-state index contributed by atoms with van der Waals surface area (Å²) in [6, 6.07) is 15.0. The smallest absolute Gasteiger partial charge is 0.256 e. The molecular formula is C25H24N4O3. The number of nitrogens with two attached hydrogens (primary N) is 1. The van der Waals surface area contributed by atoms with Gasteiger partial charge < -0.3 is 26.1 Å². The Balaban J connectivity index is 1.47. The molecule has 0 spiro atoms. The fraction of sp³-hybridized carbons (Fsp3) is 0.200. The third-order valence-electron chi connectivity index (χ3n) is 6.26. The zero-order chi connectivity index (χ0) is 22.5. The van der Waals surface area contributed by atoms with Gasteiger partial charge in [-0.05, 0) is 49.2 Å². The monoisotopic (exact) mass is 428 g/mol. The van der Waals surface area contributed by atoms with Gasteiger partial charge in [0.1, 0.15) is 5.54 Å². The third kappa shape index (κ3) is 3.18. The summed E-state index contributed by atoms with van der Waals surface area (Å²) in [5.41, 5.74) is 12.1. The molecule has 0 bridgehead atoms. The predicted molar refractivity (Wildman–Crippen MR) is 124 cm³/mol. The number of anilines is 2. The summed E-state index contributed by atoms with van der Waals surface area (Å²) in [7, 11) is 0. The lowest BCUT2D eigenvalue weighted by Crippen LogP contribution is -2.59. The molecular weight excluding hydrogens is 404 g/mol. The van der Waals surface area contributed by atoms with E-state index in [2.05, 4.69) is 15.6 Å². The van der Waals surface area contributed by atoms with Crippen LogP contribution in [0.3, 0.4) is 0 Å². The number of rotatable bonds is 4. The molecule has 0 saturated carbocycles. The van der Waals surface area contributed by atoms with Crippen molar-refractivity contribution in [2.75, 3.05) is 24.3 Å². The number of aromatic nitrogens is 1. The van der Waals surface area contributed by atoms with E-state index < -0.39 is 5.54 Å². The van der Waals surface area contributed by atoms with Gasteiger partial charge in [0.2, 0.25) is 0 Å². The Labute approximate surface area is 185 Å². The first kappa shape index (κ1) is 20.1. The second kappa shape index (κ2) is 7.39. The molecule has 7 heteroatoms. The van der Waals surface area contributed by atoms with E-state index >= 15 is 0 Å². The molecule has 0 unspecified atom stereocenters. The maximum Gasteiger partial charge on any atom is 0.256 e. The van der Waals surface area contributed by atoms with Crippen molar-refractivity contribution in [3.63, 3.8) is 0 Å². The van der Waals surface area contributed by atoms with E-state index in [4.69, 9.17) is 10.5 Å². The van der Waals surface area contributed by atoms with Gasteiger partial charge in [0.05, 0.1) is 24.5 Å². The average molecular weight is 428 g/mol. The summed E-state index contributed by atoms with van der Waals surface area (Å²) in [4.78, 5) is 29.0. The summed E-state index contributed by atoms with van der Waals surface area (Å²) in [6.07, 6.45) is 1.78. The lowest BCUT2D eigenvalue weighted by Gasteiger charge is -2.42. The van der Waals surface area contributed by atoms with Crippen LogP contribution in [0.15, 0.2) is 48.5 Å². The van der Waals surface area contributed by atoms with Crippen LogP contribution in [0.5, 0.6) is 0 Å². The number of hydrogen-bond acceptors (Lipinski definition) is 4. The van der Waals surface area contributed by atoms with Crippen molar-refractivity contribution in [1.29, 1.82) is 0 Å². The van der Waals surface area contributed by atoms with Crippen molar-refractivity contribution in [3.8, 4) is 0 Å². The van der Waals surface area contributed by atoms with E-state index in [-0.39, 0.29) is 11.8 Å². The molecule has 2 amide bonds. The Kier molecular flexibility index (Phi) is 4.64. The highest BCUT2D eigenvalue weighted by atomic mass is 16.5. The van der Waals surface area contributed by atoms with Crippen LogP contribution in [-0.4, -0.2) is 30.0 Å². The van der Waals surface area contributed by atoms with Crippen LogP contribution >= 0.6 is 0 Å². The quantitative estimate of drug-likeness (QED) is 0.478. The van der Waals surface area contributed by atoms with Gasteiger partial charge in [0, 0.05) is 28.2 Å². The Morgan fingerprint density at radius 1 is 1.16 bits per heavy atom. The number of aromatic amines is 1. The van der Waals surface area contributed by atoms with Gasteiger partial charge in [-0.3, -0.25) is 9.59 Å². The lowest BCUT2D eigenvalue weighted by molar-refractivity contribution is -0.110. The third-order valence-corrected chi connectivity index (χ3v) is 6.26. The molecule has 5 rings (SSSR count). The zero-order valence-electron chi connectivity index (χ0n) is 17.9. The number of aryl methyl sites for hydroxylation is 1. The van der Waals surface area contributed by atoms with Gasteiger partial charge in [-0.25, -0.2) is 0 Å². The molecule has 1 fully saturated rings. The highest BCUT2D eigenvalue weighted by molar-refractivity contribution is 6.35. The molecule has 3 aromatic rings. The number of amides is 2. The second-order valence-electron chi connectivity index (χ2n) is 8.37. The molecule has 2 aliphatic rings. The standard InChI is InChI=1S/C25H24N4O3/c1-14-21(27-15(2)22(14)26)11-19-18-10-16(8-9-20(18)28-24(19)31)23(30)29-25(12-32-13-25)17-6-4-3-5-7-17/h3-11,27H,12-13,26H2,1-2H3,(H,28,31)(H,29,30). The number of nitrogens with one attached hydrogen (secondary N) is 3. The predicted octanol–water partition coefficient (Wildman–Crippen LogP) is 3.36. The lowest BCUT2D eigenvalue weighted by atomic mass is 9.87. The fourth-order valence-electron chi connectivity index (χ4n) is 4.21. The summed E-state index contributed by atoms with van der Waals surface area (Å²) in [5.74, 6) is -0.425. The molecule has 0 aliphatic carbocycles. The Morgan fingerprint density at radius 3 is 2.53 bits per heavy atom. The SMILES string of the molecule is Cc1[nH]c(C=C2C(=O)Nc3ccc(C(=O)NC4(c5ccccc5)COC4)cc32)c(C)c1N. The van der Waals surface area contributed by atoms with Crippen LogP contribution in [0.2, 0.25) is 0 Å². The number of H-pyrrole nitrogens is 1. The largest absolute Gasteiger partial charge is 0.397 e. The number of nitrogen functional groups attached to an aromatic ring is 1. The number of fused-ring (bicyclic) bond motifs is 1. The molecule has 32 heavy (non-hydrogen) atoms. The van der Waals surface area contributed by atoms with E-state index in [9.17, 15) is 9.59 Å². The molecule has 162 valence electrons. The minimum Gasteiger partial charge on any atom is -0.397 e. The summed E-state index contributed by atoms with van der Waals surface area (Å²) in [6.45, 7) is 4.65. The van der Waals surface area contributed by atoms with Gasteiger partial charge in [-0.2, -0.15) is 0 Å². The van der Waals surface area contributed by atoms with Crippen LogP contribution in [-0.2, 0) is 15.1 Å². The molecule has 0 radical (unpaired) electrons. The summed E-state index contributed by atoms with van der Waals surface area (Å²) >= 11 is 0. The van der Waals surface area contributed by atoms with Gasteiger partial charge >= 0.3 is 0 Å². The van der Waals surface area contributed by atoms with Crippen molar-refractivity contribution < 1.29 is 14.3 Å². The molecule has 7 nitrogen and oxygen atoms in total. The molecule has 1 saturated heterocycles. The van der Waals surface area contributed by atoms with Crippen molar-refractivity contribution in [3.05, 3.63) is 82.2 Å². The van der Waals surface area contributed by atoms with E-state index in [0.717, 1.165) is 22.5 Å². The average Bonchev–Trinajstić information content (AvgIpc) is 3.21. The maximum atomic E-state index is 13.2. The van der Waals surface area contributed by atoms with Crippen molar-refractivity contribution in [1.82, 2.24) is 10.3 Å². The number of hydrogen-bond donors (Lipinski definition) is 4. The first-order chi connectivity index (χ1) is 15.4. The highest BCUT2D eigenvalue weighted by Crippen LogP contribution is 2.36. The minimum absolute atomic E-state index is 0.212. The Hall–Kier alpha value is -3.84. The second-order valence-corrected chi connectivity index (χ2v) is 8.37. The minimum atomic E-state index is -0.541. The van der Waals surface area contributed by atoms with E-state index in [1.165, 1.54) is 0 Å². The van der Waals surface area contributed by atoms with Gasteiger partial charge in [-0.1, -0.05) is 30.3 Å². The maximum absolute atomic E-state index is 13.2. The van der Waals surface area contributed by atoms with Crippen LogP contribution < -0.4 is 16.4 Å². The Bertz CT molecular complexity index is 1270. The van der Waals surface area contributed by atoms with Crippen LogP contribution in [0.1, 0.15) is 38.4 Å². The van der Waals surface area contributed by atoms with Crippen LogP contribution in [0.25, 0.3) is 11.6 Å². The normalized spacial score (nSPS) is 17.6. The van der Waals surface area contributed by atoms with Crippen molar-refractivity contribution in [2.45, 2.75) is 19.4 Å². The Morgan fingerprint density at radius 2 is 1.91 bits per heavy atom. The van der Waals surface area contributed by atoms with Crippen LogP contribution in [0, 0.1) is 13.8 Å². The first-order valence-electron chi connectivity index (χ1n) is 10.5. The first-order valence-corrected chi connectivity index (χ1v) is 10.5. The number of carbonyl (C=O) groups is 2. The zero-order valence-corrected chi connectivity index (χ0v) is 17.9. The van der Waals surface area contributed by atoms with Gasteiger partial charge in [0.25, 0.3) is 11.8 Å². The molecule has 1 aromatic heterocycles. The van der Waals surface area contributed by atoms with Gasteiger partial charge in [0.15, 0.2) is 0 Å². The fourth-order valence-corrected chi connectivity index (χ4v) is 4.21. The molecule has 0 atom stereocenters. The van der Waals surface area contributed by atoms with E-state index in [0.29, 0.717) is 41.3 Å². The molecule has 3 heterocycles. The number of ether oxygens (including phenoxy) is 1. The molecule has 5 N–H and O–H groups in total. The summed E-state index contributed by atoms with van der Waals surface area (Å²) in [5, 5.41) is 6.00. The highest BCUT2D eigenvalue weighted by Gasteiger charge is 2.42. The molecule has 2 aromatic carbocycles. The van der Waals surface area contributed by atoms with Crippen LogP contribution in [0.4, 0.5) is 11.4 Å². The topological polar surface area (TPSA) is 109 Å². The van der Waals surface area contributed by atoms with Crippen molar-refractivity contribution >= 4 is 34.8 Å². The van der Waals surface area contributed by atoms with E-state index in [1.54, 1.807) is 24.3 Å². The van der Waals surface area contributed by atoms with Gasteiger partial charge in [-0.15, -0.1) is 0 Å².